The molecule has 0 aromatic heterocycles. The molecule has 0 amide bonds. The second-order valence-corrected chi connectivity index (χ2v) is 7.91. The molecule has 3 fully saturated rings. The third-order valence-corrected chi connectivity index (χ3v) is 6.07. The van der Waals surface area contributed by atoms with Crippen molar-refractivity contribution in [1.29, 1.82) is 0 Å². The lowest BCUT2D eigenvalue weighted by atomic mass is 9.66. The summed E-state index contributed by atoms with van der Waals surface area (Å²) in [6, 6.07) is 0. The Labute approximate surface area is 123 Å². The Morgan fingerprint density at radius 3 is 2.55 bits per heavy atom. The number of hydrogen-bond donors (Lipinski definition) is 1. The maximum atomic E-state index is 10.3. The van der Waals surface area contributed by atoms with Gasteiger partial charge in [-0.15, -0.1) is 0 Å². The zero-order valence-electron chi connectivity index (χ0n) is 13.4. The van der Waals surface area contributed by atoms with Gasteiger partial charge in [0.2, 0.25) is 0 Å². The van der Waals surface area contributed by atoms with E-state index in [-0.39, 0.29) is 17.8 Å². The van der Waals surface area contributed by atoms with E-state index in [9.17, 15) is 5.11 Å². The molecule has 0 aromatic carbocycles. The molecule has 1 heterocycles. The van der Waals surface area contributed by atoms with Gasteiger partial charge >= 0.3 is 0 Å². The molecular formula is C17H30O3. The van der Waals surface area contributed by atoms with E-state index in [4.69, 9.17) is 9.47 Å². The lowest BCUT2D eigenvalue weighted by molar-refractivity contribution is -0.116. The van der Waals surface area contributed by atoms with Crippen molar-refractivity contribution in [1.82, 2.24) is 0 Å². The van der Waals surface area contributed by atoms with Crippen molar-refractivity contribution in [3.63, 3.8) is 0 Å². The smallest absolute Gasteiger partial charge is 0.0979 e. The fourth-order valence-corrected chi connectivity index (χ4v) is 4.65. The average Bonchev–Trinajstić information content (AvgIpc) is 3.29. The van der Waals surface area contributed by atoms with Crippen molar-refractivity contribution in [2.24, 2.45) is 17.3 Å². The molecule has 1 saturated heterocycles. The SMILES string of the molecule is CO[C@@H]1C(O)CCC2(CC2)[C@H]1[C@@]1(C)O[C@@H]1CCC(C)C. The zero-order chi connectivity index (χ0) is 14.5. The minimum atomic E-state index is -0.317. The van der Waals surface area contributed by atoms with Gasteiger partial charge in [-0.1, -0.05) is 13.8 Å². The van der Waals surface area contributed by atoms with Gasteiger partial charge in [0, 0.05) is 13.0 Å². The molecule has 3 heteroatoms. The number of hydrogen-bond acceptors (Lipinski definition) is 3. The third-order valence-electron chi connectivity index (χ3n) is 6.07. The molecule has 0 aromatic rings. The van der Waals surface area contributed by atoms with Gasteiger partial charge in [0.05, 0.1) is 23.9 Å². The Bertz CT molecular complexity index is 363. The number of methoxy groups -OCH3 is 1. The van der Waals surface area contributed by atoms with Crippen LogP contribution in [0.4, 0.5) is 0 Å². The van der Waals surface area contributed by atoms with E-state index in [2.05, 4.69) is 20.8 Å². The van der Waals surface area contributed by atoms with Crippen molar-refractivity contribution < 1.29 is 14.6 Å². The first kappa shape index (κ1) is 14.8. The second-order valence-electron chi connectivity index (χ2n) is 7.91. The molecule has 1 unspecified atom stereocenters. The molecule has 1 spiro atoms. The molecular weight excluding hydrogens is 252 g/mol. The molecule has 1 aliphatic heterocycles. The fraction of sp³-hybridized carbons (Fsp3) is 1.00. The van der Waals surface area contributed by atoms with Gasteiger partial charge in [-0.3, -0.25) is 0 Å². The summed E-state index contributed by atoms with van der Waals surface area (Å²) in [7, 11) is 1.75. The van der Waals surface area contributed by atoms with Crippen LogP contribution in [0.25, 0.3) is 0 Å². The highest BCUT2D eigenvalue weighted by Crippen LogP contribution is 2.67. The normalized spacial score (nSPS) is 45.9. The van der Waals surface area contributed by atoms with Gasteiger partial charge in [0.1, 0.15) is 0 Å². The van der Waals surface area contributed by atoms with Crippen LogP contribution in [0.3, 0.4) is 0 Å². The molecule has 3 rings (SSSR count). The summed E-state index contributed by atoms with van der Waals surface area (Å²) in [5, 5.41) is 10.3. The van der Waals surface area contributed by atoms with E-state index in [1.807, 2.05) is 0 Å². The van der Waals surface area contributed by atoms with E-state index >= 15 is 0 Å². The molecule has 3 nitrogen and oxygen atoms in total. The molecule has 20 heavy (non-hydrogen) atoms. The van der Waals surface area contributed by atoms with E-state index < -0.39 is 0 Å². The maximum Gasteiger partial charge on any atom is 0.0979 e. The van der Waals surface area contributed by atoms with Crippen LogP contribution in [-0.2, 0) is 9.47 Å². The molecule has 2 saturated carbocycles. The Morgan fingerprint density at radius 2 is 2.00 bits per heavy atom. The lowest BCUT2D eigenvalue weighted by Crippen LogP contribution is -2.51. The van der Waals surface area contributed by atoms with Crippen molar-refractivity contribution in [2.75, 3.05) is 7.11 Å². The first-order valence-corrected chi connectivity index (χ1v) is 8.31. The van der Waals surface area contributed by atoms with E-state index in [0.717, 1.165) is 25.2 Å². The summed E-state index contributed by atoms with van der Waals surface area (Å²) in [5.41, 5.74) is 0.342. The van der Waals surface area contributed by atoms with Crippen molar-refractivity contribution in [3.05, 3.63) is 0 Å². The molecule has 0 radical (unpaired) electrons. The summed E-state index contributed by atoms with van der Waals surface area (Å²) in [4.78, 5) is 0. The van der Waals surface area contributed by atoms with Crippen molar-refractivity contribution in [2.45, 2.75) is 83.2 Å². The van der Waals surface area contributed by atoms with Gasteiger partial charge in [0.15, 0.2) is 0 Å². The summed E-state index contributed by atoms with van der Waals surface area (Å²) in [5.74, 6) is 1.11. The van der Waals surface area contributed by atoms with Gasteiger partial charge in [-0.25, -0.2) is 0 Å². The van der Waals surface area contributed by atoms with Crippen LogP contribution in [0.5, 0.6) is 0 Å². The molecule has 2 aliphatic carbocycles. The van der Waals surface area contributed by atoms with E-state index in [0.29, 0.717) is 17.4 Å². The summed E-state index contributed by atoms with van der Waals surface area (Å²) in [6.45, 7) is 6.79. The Balaban J connectivity index is 1.73. The van der Waals surface area contributed by atoms with Gasteiger partial charge in [-0.05, 0) is 56.8 Å². The minimum absolute atomic E-state index is 0.0414. The predicted octanol–water partition coefficient (Wildman–Crippen LogP) is 3.15. The highest BCUT2D eigenvalue weighted by atomic mass is 16.6. The van der Waals surface area contributed by atoms with Crippen molar-refractivity contribution >= 4 is 0 Å². The number of epoxide rings is 1. The van der Waals surface area contributed by atoms with Crippen molar-refractivity contribution in [3.8, 4) is 0 Å². The average molecular weight is 282 g/mol. The van der Waals surface area contributed by atoms with Crippen LogP contribution in [0.2, 0.25) is 0 Å². The van der Waals surface area contributed by atoms with Crippen LogP contribution < -0.4 is 0 Å². The maximum absolute atomic E-state index is 10.3. The number of rotatable bonds is 5. The Hall–Kier alpha value is -0.120. The molecule has 116 valence electrons. The first-order chi connectivity index (χ1) is 9.43. The molecule has 1 N–H and O–H groups in total. The third kappa shape index (κ3) is 2.32. The minimum Gasteiger partial charge on any atom is -0.390 e. The van der Waals surface area contributed by atoms with E-state index in [1.54, 1.807) is 7.11 Å². The monoisotopic (exact) mass is 282 g/mol. The lowest BCUT2D eigenvalue weighted by Gasteiger charge is -2.43. The summed E-state index contributed by atoms with van der Waals surface area (Å²) >= 11 is 0. The number of aliphatic hydroxyl groups is 1. The van der Waals surface area contributed by atoms with Crippen LogP contribution in [0.1, 0.15) is 59.3 Å². The first-order valence-electron chi connectivity index (χ1n) is 8.31. The predicted molar refractivity (Wildman–Crippen MR) is 78.5 cm³/mol. The van der Waals surface area contributed by atoms with Gasteiger partial charge in [0.25, 0.3) is 0 Å². The largest absolute Gasteiger partial charge is 0.390 e. The highest BCUT2D eigenvalue weighted by molar-refractivity contribution is 5.18. The quantitative estimate of drug-likeness (QED) is 0.788. The topological polar surface area (TPSA) is 42.0 Å². The van der Waals surface area contributed by atoms with Crippen LogP contribution in [0.15, 0.2) is 0 Å². The van der Waals surface area contributed by atoms with Gasteiger partial charge in [-0.2, -0.15) is 0 Å². The second kappa shape index (κ2) is 4.96. The van der Waals surface area contributed by atoms with E-state index in [1.165, 1.54) is 19.3 Å². The van der Waals surface area contributed by atoms with Crippen LogP contribution in [-0.4, -0.2) is 36.1 Å². The van der Waals surface area contributed by atoms with Crippen LogP contribution >= 0.6 is 0 Å². The molecule has 3 aliphatic rings. The standard InChI is InChI=1S/C17H30O3/c1-11(2)5-6-13-16(3,20-13)15-14(19-4)12(18)7-8-17(15)9-10-17/h11-15,18H,5-10H2,1-4H3/t12?,13-,14-,15-,16+/m1/s1. The summed E-state index contributed by atoms with van der Waals surface area (Å²) in [6.07, 6.45) is 7.00. The molecule has 5 atom stereocenters. The van der Waals surface area contributed by atoms with Gasteiger partial charge < -0.3 is 14.6 Å². The zero-order valence-corrected chi connectivity index (χ0v) is 13.4. The number of ether oxygens (including phenoxy) is 2. The van der Waals surface area contributed by atoms with Crippen LogP contribution in [0, 0.1) is 17.3 Å². The number of aliphatic hydroxyl groups excluding tert-OH is 1. The Morgan fingerprint density at radius 1 is 1.30 bits per heavy atom. The Kier molecular flexibility index (Phi) is 3.67. The summed E-state index contributed by atoms with van der Waals surface area (Å²) < 4.78 is 11.9. The highest BCUT2D eigenvalue weighted by Gasteiger charge is 2.70. The molecule has 0 bridgehead atoms. The fourth-order valence-electron chi connectivity index (χ4n) is 4.65.